The van der Waals surface area contributed by atoms with Gasteiger partial charge in [-0.3, -0.25) is 0 Å². The van der Waals surface area contributed by atoms with Crippen molar-refractivity contribution in [3.8, 4) is 5.75 Å². The van der Waals surface area contributed by atoms with E-state index in [4.69, 9.17) is 4.74 Å². The van der Waals surface area contributed by atoms with Crippen LogP contribution in [-0.4, -0.2) is 18.7 Å². The summed E-state index contributed by atoms with van der Waals surface area (Å²) in [6.07, 6.45) is 2.16. The summed E-state index contributed by atoms with van der Waals surface area (Å²) in [5.41, 5.74) is -0.115. The molecule has 16 heavy (non-hydrogen) atoms. The van der Waals surface area contributed by atoms with E-state index in [1.807, 2.05) is 30.3 Å². The zero-order valence-corrected chi connectivity index (χ0v) is 10.6. The molecule has 0 saturated heterocycles. The van der Waals surface area contributed by atoms with E-state index in [0.717, 1.165) is 31.7 Å². The summed E-state index contributed by atoms with van der Waals surface area (Å²) in [6, 6.07) is 10.0. The minimum atomic E-state index is -0.115. The van der Waals surface area contributed by atoms with Gasteiger partial charge < -0.3 is 10.1 Å². The molecule has 1 unspecified atom stereocenters. The van der Waals surface area contributed by atoms with Crippen LogP contribution in [0.25, 0.3) is 0 Å². The fourth-order valence-corrected chi connectivity index (χ4v) is 1.54. The Morgan fingerprint density at radius 2 is 1.88 bits per heavy atom. The Morgan fingerprint density at radius 1 is 1.19 bits per heavy atom. The summed E-state index contributed by atoms with van der Waals surface area (Å²) in [6.45, 7) is 8.44. The van der Waals surface area contributed by atoms with Gasteiger partial charge >= 0.3 is 0 Å². The molecule has 2 heteroatoms. The standard InChI is InChI=1S/C14H23NO/c1-4-11-15-12-14(3,5-2)16-13-9-7-6-8-10-13/h6-10,15H,4-5,11-12H2,1-3H3. The molecule has 0 heterocycles. The lowest BCUT2D eigenvalue weighted by Crippen LogP contribution is -2.42. The zero-order chi connectivity index (χ0) is 11.9. The van der Waals surface area contributed by atoms with Crippen LogP contribution in [0.4, 0.5) is 0 Å². The minimum absolute atomic E-state index is 0.115. The molecule has 90 valence electrons. The molecule has 0 aliphatic rings. The van der Waals surface area contributed by atoms with E-state index in [2.05, 4.69) is 26.1 Å². The average molecular weight is 221 g/mol. The van der Waals surface area contributed by atoms with Gasteiger partial charge in [-0.05, 0) is 38.4 Å². The van der Waals surface area contributed by atoms with E-state index in [1.165, 1.54) is 0 Å². The van der Waals surface area contributed by atoms with Gasteiger partial charge in [-0.1, -0.05) is 32.0 Å². The Labute approximate surface area is 99.0 Å². The first-order valence-electron chi connectivity index (χ1n) is 6.15. The van der Waals surface area contributed by atoms with Gasteiger partial charge in [-0.25, -0.2) is 0 Å². The predicted molar refractivity (Wildman–Crippen MR) is 68.9 cm³/mol. The number of hydrogen-bond donors (Lipinski definition) is 1. The second-order valence-electron chi connectivity index (χ2n) is 4.40. The number of hydrogen-bond acceptors (Lipinski definition) is 2. The number of benzene rings is 1. The summed E-state index contributed by atoms with van der Waals surface area (Å²) in [5.74, 6) is 0.949. The van der Waals surface area contributed by atoms with E-state index in [1.54, 1.807) is 0 Å². The third kappa shape index (κ3) is 4.23. The lowest BCUT2D eigenvalue weighted by atomic mass is 10.0. The van der Waals surface area contributed by atoms with Gasteiger partial charge in [0.05, 0.1) is 0 Å². The first-order valence-corrected chi connectivity index (χ1v) is 6.15. The Bertz CT molecular complexity index is 286. The highest BCUT2D eigenvalue weighted by molar-refractivity contribution is 5.22. The molecule has 2 nitrogen and oxygen atoms in total. The number of nitrogens with one attached hydrogen (secondary N) is 1. The second-order valence-corrected chi connectivity index (χ2v) is 4.40. The third-order valence-corrected chi connectivity index (χ3v) is 2.78. The van der Waals surface area contributed by atoms with Crippen molar-refractivity contribution in [3.63, 3.8) is 0 Å². The molecule has 0 spiro atoms. The van der Waals surface area contributed by atoms with E-state index < -0.39 is 0 Å². The highest BCUT2D eigenvalue weighted by atomic mass is 16.5. The molecule has 0 amide bonds. The Hall–Kier alpha value is -1.02. The lowest BCUT2D eigenvalue weighted by molar-refractivity contribution is 0.0838. The highest BCUT2D eigenvalue weighted by Gasteiger charge is 2.23. The SMILES string of the molecule is CCCNCC(C)(CC)Oc1ccccc1. The van der Waals surface area contributed by atoms with E-state index in [9.17, 15) is 0 Å². The Morgan fingerprint density at radius 3 is 2.44 bits per heavy atom. The normalized spacial score (nSPS) is 14.4. The summed E-state index contributed by atoms with van der Waals surface area (Å²) in [7, 11) is 0. The Balaban J connectivity index is 2.52. The van der Waals surface area contributed by atoms with Crippen molar-refractivity contribution >= 4 is 0 Å². The van der Waals surface area contributed by atoms with Gasteiger partial charge in [-0.15, -0.1) is 0 Å². The van der Waals surface area contributed by atoms with E-state index >= 15 is 0 Å². The number of ether oxygens (including phenoxy) is 1. The molecule has 0 fully saturated rings. The quantitative estimate of drug-likeness (QED) is 0.714. The van der Waals surface area contributed by atoms with Crippen LogP contribution in [0.2, 0.25) is 0 Å². The third-order valence-electron chi connectivity index (χ3n) is 2.78. The highest BCUT2D eigenvalue weighted by Crippen LogP contribution is 2.20. The van der Waals surface area contributed by atoms with Gasteiger partial charge in [0.1, 0.15) is 11.4 Å². The van der Waals surface area contributed by atoms with Crippen LogP contribution in [0.3, 0.4) is 0 Å². The van der Waals surface area contributed by atoms with Crippen LogP contribution in [0.15, 0.2) is 30.3 Å². The maximum Gasteiger partial charge on any atom is 0.120 e. The van der Waals surface area contributed by atoms with Crippen molar-refractivity contribution in [1.82, 2.24) is 5.32 Å². The first kappa shape index (κ1) is 13.0. The van der Waals surface area contributed by atoms with Crippen molar-refractivity contribution in [1.29, 1.82) is 0 Å². The largest absolute Gasteiger partial charge is 0.486 e. The lowest BCUT2D eigenvalue weighted by Gasteiger charge is -2.30. The molecule has 0 aliphatic carbocycles. The minimum Gasteiger partial charge on any atom is -0.486 e. The topological polar surface area (TPSA) is 21.3 Å². The van der Waals surface area contributed by atoms with Crippen LogP contribution in [0.1, 0.15) is 33.6 Å². The molecule has 1 rings (SSSR count). The van der Waals surface area contributed by atoms with Gasteiger partial charge in [0, 0.05) is 6.54 Å². The average Bonchev–Trinajstić information content (AvgIpc) is 2.31. The molecule has 0 radical (unpaired) electrons. The molecule has 1 atom stereocenters. The molecule has 1 aromatic carbocycles. The maximum absolute atomic E-state index is 6.04. The van der Waals surface area contributed by atoms with Gasteiger partial charge in [0.25, 0.3) is 0 Å². The summed E-state index contributed by atoms with van der Waals surface area (Å²) >= 11 is 0. The Kier molecular flexibility index (Phi) is 5.33. The van der Waals surface area contributed by atoms with Crippen LogP contribution in [0.5, 0.6) is 5.75 Å². The number of para-hydroxylation sites is 1. The molecule has 0 bridgehead atoms. The van der Waals surface area contributed by atoms with E-state index in [0.29, 0.717) is 0 Å². The van der Waals surface area contributed by atoms with Crippen LogP contribution in [-0.2, 0) is 0 Å². The van der Waals surface area contributed by atoms with Gasteiger partial charge in [0.2, 0.25) is 0 Å². The monoisotopic (exact) mass is 221 g/mol. The van der Waals surface area contributed by atoms with Crippen molar-refractivity contribution in [2.24, 2.45) is 0 Å². The molecule has 0 aromatic heterocycles. The molecule has 1 aromatic rings. The molecule has 0 aliphatic heterocycles. The summed E-state index contributed by atoms with van der Waals surface area (Å²) in [5, 5.41) is 3.42. The van der Waals surface area contributed by atoms with Gasteiger partial charge in [-0.2, -0.15) is 0 Å². The van der Waals surface area contributed by atoms with Crippen LogP contribution < -0.4 is 10.1 Å². The first-order chi connectivity index (χ1) is 7.70. The van der Waals surface area contributed by atoms with Crippen molar-refractivity contribution in [2.75, 3.05) is 13.1 Å². The molecule has 0 saturated carbocycles. The number of rotatable bonds is 7. The predicted octanol–water partition coefficient (Wildman–Crippen LogP) is 3.23. The summed E-state index contributed by atoms with van der Waals surface area (Å²) < 4.78 is 6.04. The molecular weight excluding hydrogens is 198 g/mol. The van der Waals surface area contributed by atoms with E-state index in [-0.39, 0.29) is 5.60 Å². The van der Waals surface area contributed by atoms with Crippen molar-refractivity contribution in [3.05, 3.63) is 30.3 Å². The fourth-order valence-electron chi connectivity index (χ4n) is 1.54. The molecular formula is C14H23NO. The fraction of sp³-hybridized carbons (Fsp3) is 0.571. The van der Waals surface area contributed by atoms with Crippen molar-refractivity contribution < 1.29 is 4.74 Å². The van der Waals surface area contributed by atoms with Crippen LogP contribution in [0, 0.1) is 0 Å². The maximum atomic E-state index is 6.04. The molecule has 1 N–H and O–H groups in total. The second kappa shape index (κ2) is 6.54. The van der Waals surface area contributed by atoms with Crippen LogP contribution >= 0.6 is 0 Å². The zero-order valence-electron chi connectivity index (χ0n) is 10.6. The van der Waals surface area contributed by atoms with Gasteiger partial charge in [0.15, 0.2) is 0 Å². The smallest absolute Gasteiger partial charge is 0.120 e. The van der Waals surface area contributed by atoms with Crippen molar-refractivity contribution in [2.45, 2.75) is 39.2 Å². The summed E-state index contributed by atoms with van der Waals surface area (Å²) in [4.78, 5) is 0.